The van der Waals surface area contributed by atoms with Crippen molar-refractivity contribution in [2.24, 2.45) is 17.0 Å². The summed E-state index contributed by atoms with van der Waals surface area (Å²) < 4.78 is 65.7. The van der Waals surface area contributed by atoms with E-state index >= 15 is 0 Å². The number of halogens is 3. The number of aromatic nitrogens is 4. The molecule has 178 valence electrons. The predicted octanol–water partition coefficient (Wildman–Crippen LogP) is 5.02. The van der Waals surface area contributed by atoms with Crippen LogP contribution in [0.2, 0.25) is 0 Å². The minimum absolute atomic E-state index is 0.105. The third-order valence-electron chi connectivity index (χ3n) is 6.55. The summed E-state index contributed by atoms with van der Waals surface area (Å²) in [4.78, 5) is -0.985. The Morgan fingerprint density at radius 2 is 1.75 bits per heavy atom. The number of benzene rings is 1. The van der Waals surface area contributed by atoms with Gasteiger partial charge in [0.15, 0.2) is 0 Å². The molecule has 0 saturated heterocycles. The number of alkyl halides is 3. The van der Waals surface area contributed by atoms with E-state index in [0.29, 0.717) is 17.4 Å². The van der Waals surface area contributed by atoms with Gasteiger partial charge in [-0.2, -0.15) is 18.4 Å². The van der Waals surface area contributed by atoms with Crippen LogP contribution in [0.3, 0.4) is 0 Å². The summed E-state index contributed by atoms with van der Waals surface area (Å²) in [6.45, 7) is 4.37. The van der Waals surface area contributed by atoms with E-state index in [4.69, 9.17) is 5.14 Å². The highest BCUT2D eigenvalue weighted by atomic mass is 32.2. The van der Waals surface area contributed by atoms with Crippen LogP contribution in [0.25, 0.3) is 11.4 Å². The molecule has 1 aromatic heterocycles. The molecule has 0 aliphatic heterocycles. The van der Waals surface area contributed by atoms with Gasteiger partial charge in [-0.15, -0.1) is 10.2 Å². The van der Waals surface area contributed by atoms with Gasteiger partial charge in [0, 0.05) is 5.56 Å². The molecule has 1 aromatic carbocycles. The average Bonchev–Trinajstić information content (AvgIpc) is 3.26. The minimum atomic E-state index is -4.90. The van der Waals surface area contributed by atoms with Gasteiger partial charge in [0.05, 0.1) is 5.56 Å². The third-order valence-corrected chi connectivity index (χ3v) is 7.54. The summed E-state index contributed by atoms with van der Waals surface area (Å²) in [6.07, 6.45) is 3.12. The number of nitrogens with two attached hydrogens (primary N) is 1. The monoisotopic (exact) mass is 473 g/mol. The molecule has 1 fully saturated rings. The second-order valence-corrected chi connectivity index (χ2v) is 10.1. The summed E-state index contributed by atoms with van der Waals surface area (Å²) >= 11 is 0. The SMILES string of the molecule is CCCC(CCC)C1CCC(c2ccc(C(F)(F)F)c(S(N)(=O)=O)c2-c2nn[nH]n2)CC1. The molecule has 3 rings (SSSR count). The Morgan fingerprint density at radius 3 is 2.22 bits per heavy atom. The quantitative estimate of drug-likeness (QED) is 0.558. The first-order valence-corrected chi connectivity index (χ1v) is 12.6. The van der Waals surface area contributed by atoms with Crippen LogP contribution >= 0.6 is 0 Å². The van der Waals surface area contributed by atoms with E-state index < -0.39 is 26.7 Å². The van der Waals surface area contributed by atoms with Crippen LogP contribution in [0.4, 0.5) is 13.2 Å². The van der Waals surface area contributed by atoms with Crippen molar-refractivity contribution in [3.8, 4) is 11.4 Å². The highest BCUT2D eigenvalue weighted by Gasteiger charge is 2.41. The Bertz CT molecular complexity index is 995. The maximum absolute atomic E-state index is 13.7. The molecule has 11 heteroatoms. The van der Waals surface area contributed by atoms with Crippen LogP contribution in [-0.2, 0) is 16.2 Å². The Morgan fingerprint density at radius 1 is 1.12 bits per heavy atom. The zero-order valence-corrected chi connectivity index (χ0v) is 19.1. The highest BCUT2D eigenvalue weighted by Crippen LogP contribution is 2.47. The second-order valence-electron chi connectivity index (χ2n) is 8.63. The summed E-state index contributed by atoms with van der Waals surface area (Å²) in [5, 5.41) is 18.5. The van der Waals surface area contributed by atoms with Crippen molar-refractivity contribution in [3.05, 3.63) is 23.3 Å². The van der Waals surface area contributed by atoms with Crippen LogP contribution in [-0.4, -0.2) is 29.0 Å². The number of rotatable bonds is 8. The Labute approximate surface area is 186 Å². The fourth-order valence-corrected chi connectivity index (χ4v) is 6.20. The van der Waals surface area contributed by atoms with E-state index in [1.165, 1.54) is 18.9 Å². The van der Waals surface area contributed by atoms with Crippen molar-refractivity contribution in [3.63, 3.8) is 0 Å². The lowest BCUT2D eigenvalue weighted by Gasteiger charge is -2.35. The van der Waals surface area contributed by atoms with Gasteiger partial charge in [0.1, 0.15) is 4.90 Å². The lowest BCUT2D eigenvalue weighted by atomic mass is 9.71. The molecule has 1 aliphatic carbocycles. The molecule has 0 radical (unpaired) electrons. The van der Waals surface area contributed by atoms with E-state index in [1.807, 2.05) is 0 Å². The van der Waals surface area contributed by atoms with Crippen LogP contribution in [0.15, 0.2) is 17.0 Å². The first-order valence-electron chi connectivity index (χ1n) is 11.1. The number of nitrogens with zero attached hydrogens (tertiary/aromatic N) is 3. The van der Waals surface area contributed by atoms with Crippen molar-refractivity contribution in [1.82, 2.24) is 20.6 Å². The molecule has 1 heterocycles. The van der Waals surface area contributed by atoms with Crippen LogP contribution < -0.4 is 5.14 Å². The molecule has 7 nitrogen and oxygen atoms in total. The Kier molecular flexibility index (Phi) is 7.59. The van der Waals surface area contributed by atoms with Crippen LogP contribution in [0.1, 0.15) is 82.3 Å². The smallest absolute Gasteiger partial charge is 0.225 e. The standard InChI is InChI=1S/C21H30F3N5O2S/c1-3-5-13(6-4-2)14-7-9-15(10-8-14)16-11-12-17(21(22,23)24)19(32(25,30)31)18(16)20-26-28-29-27-20/h11-15H,3-10H2,1-2H3,(H2,25,30,31)(H,26,27,28,29). The average molecular weight is 474 g/mol. The van der Waals surface area contributed by atoms with E-state index in [1.54, 1.807) is 0 Å². The summed E-state index contributed by atoms with van der Waals surface area (Å²) in [5.41, 5.74) is -1.04. The summed E-state index contributed by atoms with van der Waals surface area (Å²) in [5.74, 6) is 0.917. The molecule has 0 atom stereocenters. The van der Waals surface area contributed by atoms with Crippen LogP contribution in [0.5, 0.6) is 0 Å². The fraction of sp³-hybridized carbons (Fsp3) is 0.667. The van der Waals surface area contributed by atoms with Crippen molar-refractivity contribution in [2.75, 3.05) is 0 Å². The molecule has 32 heavy (non-hydrogen) atoms. The zero-order chi connectivity index (χ0) is 23.5. The third kappa shape index (κ3) is 5.31. The molecular formula is C21H30F3N5O2S. The largest absolute Gasteiger partial charge is 0.417 e. The lowest BCUT2D eigenvalue weighted by molar-refractivity contribution is -0.139. The van der Waals surface area contributed by atoms with Crippen molar-refractivity contribution >= 4 is 10.0 Å². The number of hydrogen-bond donors (Lipinski definition) is 2. The fourth-order valence-electron chi connectivity index (χ4n) is 5.21. The normalized spacial score (nSPS) is 20.1. The van der Waals surface area contributed by atoms with Gasteiger partial charge < -0.3 is 0 Å². The lowest BCUT2D eigenvalue weighted by Crippen LogP contribution is -2.24. The van der Waals surface area contributed by atoms with Gasteiger partial charge in [0.2, 0.25) is 15.8 Å². The molecular weight excluding hydrogens is 443 g/mol. The van der Waals surface area contributed by atoms with E-state index in [2.05, 4.69) is 34.5 Å². The molecule has 0 amide bonds. The summed E-state index contributed by atoms with van der Waals surface area (Å²) in [6, 6.07) is 2.16. The van der Waals surface area contributed by atoms with Gasteiger partial charge in [-0.05, 0) is 60.3 Å². The van der Waals surface area contributed by atoms with Crippen molar-refractivity contribution in [1.29, 1.82) is 0 Å². The number of tetrazole rings is 1. The predicted molar refractivity (Wildman–Crippen MR) is 114 cm³/mol. The van der Waals surface area contributed by atoms with Crippen molar-refractivity contribution < 1.29 is 21.6 Å². The van der Waals surface area contributed by atoms with Gasteiger partial charge >= 0.3 is 6.18 Å². The number of aromatic amines is 1. The Balaban J connectivity index is 2.03. The molecule has 1 aliphatic rings. The van der Waals surface area contributed by atoms with E-state index in [9.17, 15) is 21.6 Å². The number of primary sulfonamides is 1. The van der Waals surface area contributed by atoms with Gasteiger partial charge in [-0.25, -0.2) is 13.6 Å². The van der Waals surface area contributed by atoms with E-state index in [0.717, 1.165) is 44.6 Å². The van der Waals surface area contributed by atoms with Gasteiger partial charge in [-0.1, -0.05) is 45.6 Å². The van der Waals surface area contributed by atoms with Crippen LogP contribution in [0, 0.1) is 11.8 Å². The zero-order valence-electron chi connectivity index (χ0n) is 18.3. The molecule has 0 bridgehead atoms. The maximum atomic E-state index is 13.7. The van der Waals surface area contributed by atoms with Gasteiger partial charge in [-0.3, -0.25) is 0 Å². The number of hydrogen-bond acceptors (Lipinski definition) is 5. The maximum Gasteiger partial charge on any atom is 0.417 e. The topological polar surface area (TPSA) is 115 Å². The number of sulfonamides is 1. The molecule has 1 saturated carbocycles. The second kappa shape index (κ2) is 9.86. The Hall–Kier alpha value is -2.01. The first kappa shape index (κ1) is 24.6. The highest BCUT2D eigenvalue weighted by molar-refractivity contribution is 7.89. The number of nitrogens with one attached hydrogen (secondary N) is 1. The molecule has 0 unspecified atom stereocenters. The number of H-pyrrole nitrogens is 1. The summed E-state index contributed by atoms with van der Waals surface area (Å²) in [7, 11) is -4.72. The molecule has 2 aromatic rings. The first-order chi connectivity index (χ1) is 15.1. The van der Waals surface area contributed by atoms with E-state index in [-0.39, 0.29) is 17.3 Å². The molecule has 3 N–H and O–H groups in total. The minimum Gasteiger partial charge on any atom is -0.225 e. The van der Waals surface area contributed by atoms with Gasteiger partial charge in [0.25, 0.3) is 0 Å². The van der Waals surface area contributed by atoms with Crippen molar-refractivity contribution in [2.45, 2.75) is 82.2 Å². The molecule has 0 spiro atoms.